The Bertz CT molecular complexity index is 765. The molecule has 11 nitrogen and oxygen atoms in total. The van der Waals surface area contributed by atoms with E-state index in [0.717, 1.165) is 0 Å². The first-order valence-corrected chi connectivity index (χ1v) is 7.32. The monoisotopic (exact) mass is 334 g/mol. The number of ether oxygens (including phenoxy) is 2. The molecule has 126 valence electrons. The highest BCUT2D eigenvalue weighted by molar-refractivity contribution is 5.59. The molecule has 0 bridgehead atoms. The van der Waals surface area contributed by atoms with Gasteiger partial charge in [-0.2, -0.15) is 0 Å². The van der Waals surface area contributed by atoms with Crippen molar-refractivity contribution >= 4 is 11.7 Å². The molecule has 0 spiro atoms. The van der Waals surface area contributed by atoms with Gasteiger partial charge in [-0.1, -0.05) is 5.10 Å². The van der Waals surface area contributed by atoms with Crippen LogP contribution in [0.4, 0.5) is 11.7 Å². The average molecular weight is 334 g/mol. The van der Waals surface area contributed by atoms with Crippen LogP contribution in [0.25, 0.3) is 0 Å². The fourth-order valence-corrected chi connectivity index (χ4v) is 2.57. The molecule has 2 aliphatic rings. The van der Waals surface area contributed by atoms with E-state index in [0.29, 0.717) is 30.4 Å². The second kappa shape index (κ2) is 5.94. The molecule has 1 aromatic heterocycles. The molecule has 0 amide bonds. The Morgan fingerprint density at radius 2 is 2.08 bits per heavy atom. The van der Waals surface area contributed by atoms with Gasteiger partial charge in [0.05, 0.1) is 6.54 Å². The summed E-state index contributed by atoms with van der Waals surface area (Å²) in [6, 6.07) is 3.91. The van der Waals surface area contributed by atoms with Crippen LogP contribution in [0.1, 0.15) is 11.9 Å². The van der Waals surface area contributed by atoms with Gasteiger partial charge in [-0.3, -0.25) is 10.1 Å². The number of hydrogen-bond acceptors (Lipinski definition) is 10. The third-order valence-electron chi connectivity index (χ3n) is 3.72. The van der Waals surface area contributed by atoms with E-state index in [9.17, 15) is 10.1 Å². The summed E-state index contributed by atoms with van der Waals surface area (Å²) in [4.78, 5) is 10.6. The van der Waals surface area contributed by atoms with Crippen molar-refractivity contribution in [2.24, 2.45) is 0 Å². The molecular formula is C13H14N6O5. The summed E-state index contributed by atoms with van der Waals surface area (Å²) >= 11 is 0. The number of hydrogen-bond donors (Lipinski definition) is 3. The van der Waals surface area contributed by atoms with E-state index in [1.807, 2.05) is 0 Å². The molecule has 2 aliphatic heterocycles. The lowest BCUT2D eigenvalue weighted by atomic mass is 10.1. The molecule has 0 radical (unpaired) electrons. The minimum absolute atomic E-state index is 0.137. The third-order valence-corrected chi connectivity index (χ3v) is 3.72. The predicted molar refractivity (Wildman–Crippen MR) is 79.7 cm³/mol. The van der Waals surface area contributed by atoms with Crippen LogP contribution in [0.5, 0.6) is 11.5 Å². The van der Waals surface area contributed by atoms with Gasteiger partial charge in [-0.05, 0) is 12.1 Å². The average Bonchev–Trinajstić information content (AvgIpc) is 3.23. The number of benzene rings is 1. The van der Waals surface area contributed by atoms with Gasteiger partial charge in [0.2, 0.25) is 5.89 Å². The molecule has 2 aromatic rings. The van der Waals surface area contributed by atoms with Crippen LogP contribution in [-0.4, -0.2) is 40.9 Å². The lowest BCUT2D eigenvalue weighted by Gasteiger charge is -2.18. The Morgan fingerprint density at radius 1 is 1.25 bits per heavy atom. The summed E-state index contributed by atoms with van der Waals surface area (Å²) in [5.41, 5.74) is 6.17. The van der Waals surface area contributed by atoms with Gasteiger partial charge in [0.1, 0.15) is 13.2 Å². The lowest BCUT2D eigenvalue weighted by molar-refractivity contribution is -0.521. The van der Waals surface area contributed by atoms with Gasteiger partial charge in [0, 0.05) is 16.7 Å². The molecule has 1 aromatic carbocycles. The minimum atomic E-state index is -0.868. The zero-order chi connectivity index (χ0) is 16.5. The predicted octanol–water partition coefficient (Wildman–Crippen LogP) is 0.379. The lowest BCUT2D eigenvalue weighted by Crippen LogP contribution is -2.29. The second-order valence-corrected chi connectivity index (χ2v) is 5.28. The number of rotatable bonds is 4. The highest BCUT2D eigenvalue weighted by atomic mass is 16.6. The van der Waals surface area contributed by atoms with Crippen LogP contribution in [-0.2, 0) is 0 Å². The van der Waals surface area contributed by atoms with E-state index in [1.165, 1.54) is 0 Å². The van der Waals surface area contributed by atoms with E-state index in [1.54, 1.807) is 18.2 Å². The maximum Gasteiger partial charge on any atom is 0.320 e. The van der Waals surface area contributed by atoms with Crippen LogP contribution in [0, 0.1) is 10.1 Å². The van der Waals surface area contributed by atoms with Crippen molar-refractivity contribution in [2.45, 2.75) is 12.1 Å². The van der Waals surface area contributed by atoms with Crippen LogP contribution >= 0.6 is 0 Å². The number of nitrogens with zero attached hydrogens (tertiary/aromatic N) is 3. The normalized spacial score (nSPS) is 22.3. The molecule has 24 heavy (non-hydrogen) atoms. The summed E-state index contributed by atoms with van der Waals surface area (Å²) in [6.45, 7) is 1.20. The topological polar surface area (TPSA) is 137 Å². The van der Waals surface area contributed by atoms with Crippen molar-refractivity contribution in [3.05, 3.63) is 34.2 Å². The van der Waals surface area contributed by atoms with Gasteiger partial charge in [-0.25, -0.2) is 10.9 Å². The molecule has 0 saturated carbocycles. The van der Waals surface area contributed by atoms with Crippen molar-refractivity contribution in [1.82, 2.24) is 21.0 Å². The maximum absolute atomic E-state index is 11.0. The number of fused-ring (bicyclic) bond motifs is 1. The summed E-state index contributed by atoms with van der Waals surface area (Å²) in [5.74, 6) is 1.44. The molecule has 2 atom stereocenters. The second-order valence-electron chi connectivity index (χ2n) is 5.28. The molecule has 1 saturated heterocycles. The third kappa shape index (κ3) is 2.70. The number of aromatic nitrogens is 2. The number of nitrogens with one attached hydrogen (secondary N) is 3. The maximum atomic E-state index is 11.0. The SMILES string of the molecule is O=[N+]([O-])C1CNNC1c1nnc(Nc2ccc3c(c2)OCCO3)o1. The van der Waals surface area contributed by atoms with Crippen LogP contribution in [0.2, 0.25) is 0 Å². The van der Waals surface area contributed by atoms with Crippen molar-refractivity contribution in [3.63, 3.8) is 0 Å². The highest BCUT2D eigenvalue weighted by Crippen LogP contribution is 2.33. The quantitative estimate of drug-likeness (QED) is 0.531. The van der Waals surface area contributed by atoms with Crippen LogP contribution < -0.4 is 25.6 Å². The number of hydrazine groups is 1. The largest absolute Gasteiger partial charge is 0.486 e. The first-order chi connectivity index (χ1) is 11.7. The molecule has 2 unspecified atom stereocenters. The van der Waals surface area contributed by atoms with E-state index in [4.69, 9.17) is 13.9 Å². The molecule has 3 heterocycles. The van der Waals surface area contributed by atoms with Gasteiger partial charge in [0.25, 0.3) is 6.04 Å². The fraction of sp³-hybridized carbons (Fsp3) is 0.385. The Hall–Kier alpha value is -2.92. The molecule has 4 rings (SSSR count). The van der Waals surface area contributed by atoms with Gasteiger partial charge >= 0.3 is 6.01 Å². The van der Waals surface area contributed by atoms with Crippen molar-refractivity contribution in [1.29, 1.82) is 0 Å². The molecule has 0 aliphatic carbocycles. The van der Waals surface area contributed by atoms with Crippen molar-refractivity contribution in [2.75, 3.05) is 25.1 Å². The zero-order valence-electron chi connectivity index (χ0n) is 12.4. The van der Waals surface area contributed by atoms with Gasteiger partial charge < -0.3 is 19.2 Å². The number of anilines is 2. The van der Waals surface area contributed by atoms with Crippen molar-refractivity contribution < 1.29 is 18.8 Å². The van der Waals surface area contributed by atoms with Crippen molar-refractivity contribution in [3.8, 4) is 11.5 Å². The first-order valence-electron chi connectivity index (χ1n) is 7.32. The van der Waals surface area contributed by atoms with Gasteiger partial charge in [-0.15, -0.1) is 5.10 Å². The van der Waals surface area contributed by atoms with E-state index >= 15 is 0 Å². The van der Waals surface area contributed by atoms with Crippen LogP contribution in [0.15, 0.2) is 22.6 Å². The number of nitro groups is 1. The minimum Gasteiger partial charge on any atom is -0.486 e. The fourth-order valence-electron chi connectivity index (χ4n) is 2.57. The van der Waals surface area contributed by atoms with Gasteiger partial charge in [0.15, 0.2) is 17.5 Å². The molecule has 3 N–H and O–H groups in total. The first kappa shape index (κ1) is 14.7. The highest BCUT2D eigenvalue weighted by Gasteiger charge is 2.41. The van der Waals surface area contributed by atoms with E-state index < -0.39 is 12.1 Å². The smallest absolute Gasteiger partial charge is 0.320 e. The standard InChI is InChI=1S/C13H14N6O5/c20-19(21)8-6-14-16-11(8)12-17-18-13(24-12)15-7-1-2-9-10(5-7)23-4-3-22-9/h1-2,5,8,11,14,16H,3-4,6H2,(H,15,18). The zero-order valence-corrected chi connectivity index (χ0v) is 12.4. The molecule has 11 heteroatoms. The van der Waals surface area contributed by atoms with Crippen LogP contribution in [0.3, 0.4) is 0 Å². The molecule has 1 fully saturated rings. The molecular weight excluding hydrogens is 320 g/mol. The summed E-state index contributed by atoms with van der Waals surface area (Å²) in [5, 5.41) is 21.7. The van der Waals surface area contributed by atoms with E-state index in [2.05, 4.69) is 26.4 Å². The Kier molecular flexibility index (Phi) is 3.63. The van der Waals surface area contributed by atoms with E-state index in [-0.39, 0.29) is 23.4 Å². The summed E-state index contributed by atoms with van der Waals surface area (Å²) in [7, 11) is 0. The Balaban J connectivity index is 1.50. The summed E-state index contributed by atoms with van der Waals surface area (Å²) < 4.78 is 16.4. The Morgan fingerprint density at radius 3 is 2.92 bits per heavy atom. The Labute approximate surface area is 135 Å². The summed E-state index contributed by atoms with van der Waals surface area (Å²) in [6.07, 6.45) is 0.